The van der Waals surface area contributed by atoms with Crippen molar-refractivity contribution in [2.24, 2.45) is 0 Å². The molecule has 10 aromatic rings. The van der Waals surface area contributed by atoms with Crippen LogP contribution < -0.4 is 5.19 Å². The largest absolute Gasteiger partial charge is 0.208 e. The summed E-state index contributed by atoms with van der Waals surface area (Å²) in [5.74, 6) is 0.867. The van der Waals surface area contributed by atoms with Crippen molar-refractivity contribution in [3.8, 4) is 45.3 Å². The van der Waals surface area contributed by atoms with Crippen LogP contribution >= 0.6 is 22.7 Å². The molecule has 0 N–H and O–H groups in total. The number of rotatable bonds is 5. The van der Waals surface area contributed by atoms with Crippen LogP contribution in [0.5, 0.6) is 0 Å². The molecule has 6 heteroatoms. The predicted octanol–water partition coefficient (Wildman–Crippen LogP) is 13.0. The van der Waals surface area contributed by atoms with Crippen molar-refractivity contribution in [1.82, 2.24) is 15.0 Å². The molecule has 0 radical (unpaired) electrons. The maximum Gasteiger partial charge on any atom is 0.164 e. The van der Waals surface area contributed by atoms with Crippen molar-refractivity contribution < 1.29 is 8.22 Å². The standard InChI is InChI=1S/C46H33N3S2Si/c1-52(2,3)32-22-18-29(19-23-32)44-47-45(49-46(48-44)38-16-8-11-28-10-4-5-12-33(28)38)31-20-24-36-39-26-30(21-25-41(39)50-42(36)27-31)34-14-9-15-37-35-13-6-7-17-40(35)51-43(34)37/h4-27H,1-3H3/i20D,21D,24D,25D,26D,27D. The molecule has 0 fully saturated rings. The molecule has 0 amide bonds. The first kappa shape index (κ1) is 25.4. The van der Waals surface area contributed by atoms with E-state index in [0.29, 0.717) is 37.6 Å². The van der Waals surface area contributed by atoms with E-state index in [9.17, 15) is 8.22 Å². The molecule has 0 bridgehead atoms. The number of fused-ring (bicyclic) bond motifs is 7. The third-order valence-corrected chi connectivity index (χ3v) is 13.9. The SMILES string of the molecule is [2H]c1c(-c2cccc3c2sc2ccccc23)c([2H])c2c(sc3c([2H])c(-c4nc(-c5ccc([Si](C)(C)C)cc5)nc(-c5cccc6ccccc56)n4)c([2H])c([2H])c32)c1[2H]. The van der Waals surface area contributed by atoms with E-state index in [1.54, 1.807) is 11.3 Å². The summed E-state index contributed by atoms with van der Waals surface area (Å²) in [7, 11) is -1.59. The zero-order valence-electron chi connectivity index (χ0n) is 34.6. The molecule has 3 aromatic heterocycles. The minimum Gasteiger partial charge on any atom is -0.208 e. The highest BCUT2D eigenvalue weighted by Crippen LogP contribution is 2.43. The average molecular weight is 726 g/mol. The Hall–Kier alpha value is -5.53. The highest BCUT2D eigenvalue weighted by atomic mass is 32.1. The van der Waals surface area contributed by atoms with Crippen molar-refractivity contribution in [1.29, 1.82) is 0 Å². The summed E-state index contributed by atoms with van der Waals surface area (Å²) >= 11 is 2.70. The van der Waals surface area contributed by atoms with Gasteiger partial charge in [0, 0.05) is 57.0 Å². The quantitative estimate of drug-likeness (QED) is 0.166. The van der Waals surface area contributed by atoms with E-state index in [1.807, 2.05) is 84.9 Å². The van der Waals surface area contributed by atoms with Crippen LogP contribution in [0.4, 0.5) is 0 Å². The fraction of sp³-hybridized carbons (Fsp3) is 0.0652. The Kier molecular flexibility index (Phi) is 5.88. The van der Waals surface area contributed by atoms with Gasteiger partial charge in [-0.1, -0.05) is 146 Å². The molecule has 0 aliphatic heterocycles. The number of hydrogen-bond donors (Lipinski definition) is 0. The van der Waals surface area contributed by atoms with E-state index in [2.05, 4.69) is 43.9 Å². The summed E-state index contributed by atoms with van der Waals surface area (Å²) in [6.45, 7) is 6.88. The van der Waals surface area contributed by atoms with Gasteiger partial charge >= 0.3 is 0 Å². The fourth-order valence-corrected chi connectivity index (χ4v) is 10.2. The summed E-state index contributed by atoms with van der Waals surface area (Å²) in [5.41, 5.74) is 2.60. The second kappa shape index (κ2) is 12.0. The van der Waals surface area contributed by atoms with Crippen molar-refractivity contribution in [2.45, 2.75) is 19.6 Å². The smallest absolute Gasteiger partial charge is 0.164 e. The number of thiophene rings is 2. The van der Waals surface area contributed by atoms with E-state index in [0.717, 1.165) is 53.4 Å². The van der Waals surface area contributed by atoms with Gasteiger partial charge in [0.2, 0.25) is 0 Å². The second-order valence-electron chi connectivity index (χ2n) is 14.0. The second-order valence-corrected chi connectivity index (χ2v) is 21.1. The topological polar surface area (TPSA) is 38.7 Å². The van der Waals surface area contributed by atoms with Gasteiger partial charge in [-0.05, 0) is 46.1 Å². The highest BCUT2D eigenvalue weighted by Gasteiger charge is 2.19. The maximum absolute atomic E-state index is 9.65. The van der Waals surface area contributed by atoms with Gasteiger partial charge in [-0.2, -0.15) is 0 Å². The first-order chi connectivity index (χ1) is 27.9. The van der Waals surface area contributed by atoms with Crippen LogP contribution in [-0.4, -0.2) is 23.0 Å². The van der Waals surface area contributed by atoms with Gasteiger partial charge in [-0.25, -0.2) is 15.0 Å². The molecule has 3 nitrogen and oxygen atoms in total. The van der Waals surface area contributed by atoms with E-state index in [1.165, 1.54) is 5.19 Å². The summed E-state index contributed by atoms with van der Waals surface area (Å²) < 4.78 is 59.4. The predicted molar refractivity (Wildman–Crippen MR) is 228 cm³/mol. The minimum absolute atomic E-state index is 0.00899. The molecule has 0 saturated heterocycles. The zero-order valence-corrected chi connectivity index (χ0v) is 31.2. The minimum atomic E-state index is -1.59. The molecular formula is C46H33N3S2Si. The summed E-state index contributed by atoms with van der Waals surface area (Å²) in [4.78, 5) is 14.8. The Bertz CT molecular complexity index is 3350. The summed E-state index contributed by atoms with van der Waals surface area (Å²) in [6, 6.07) is 35.5. The van der Waals surface area contributed by atoms with Gasteiger partial charge < -0.3 is 0 Å². The fourth-order valence-electron chi connectivity index (χ4n) is 6.86. The number of nitrogens with zero attached hydrogens (tertiary/aromatic N) is 3. The molecule has 7 aromatic carbocycles. The molecule has 3 heterocycles. The number of hydrogen-bond acceptors (Lipinski definition) is 5. The molecule has 0 aliphatic rings. The van der Waals surface area contributed by atoms with Crippen LogP contribution in [0, 0.1) is 0 Å². The van der Waals surface area contributed by atoms with E-state index < -0.39 is 8.07 Å². The Labute approximate surface area is 319 Å². The van der Waals surface area contributed by atoms with Gasteiger partial charge in [0.15, 0.2) is 17.5 Å². The summed E-state index contributed by atoms with van der Waals surface area (Å²) in [6.07, 6.45) is 0. The molecule has 0 aliphatic carbocycles. The number of aromatic nitrogens is 3. The lowest BCUT2D eigenvalue weighted by molar-refractivity contribution is 1.08. The third-order valence-electron chi connectivity index (χ3n) is 9.58. The molecule has 52 heavy (non-hydrogen) atoms. The van der Waals surface area contributed by atoms with Crippen LogP contribution in [0.15, 0.2) is 145 Å². The van der Waals surface area contributed by atoms with Crippen molar-refractivity contribution in [3.05, 3.63) is 145 Å². The Morgan fingerprint density at radius 2 is 1.13 bits per heavy atom. The van der Waals surface area contributed by atoms with Crippen LogP contribution in [0.25, 0.3) is 96.4 Å². The maximum atomic E-state index is 9.65. The van der Waals surface area contributed by atoms with Gasteiger partial charge in [0.1, 0.15) is 0 Å². The zero-order chi connectivity index (χ0) is 40.2. The van der Waals surface area contributed by atoms with Crippen molar-refractivity contribution >= 4 is 87.1 Å². The molecular weight excluding hydrogens is 687 g/mol. The van der Waals surface area contributed by atoms with Crippen LogP contribution in [0.2, 0.25) is 19.6 Å². The third kappa shape index (κ3) is 5.25. The van der Waals surface area contributed by atoms with Crippen molar-refractivity contribution in [3.63, 3.8) is 0 Å². The van der Waals surface area contributed by atoms with Crippen LogP contribution in [0.3, 0.4) is 0 Å². The first-order valence-corrected chi connectivity index (χ1v) is 22.3. The molecule has 0 saturated carbocycles. The highest BCUT2D eigenvalue weighted by molar-refractivity contribution is 7.26. The lowest BCUT2D eigenvalue weighted by atomic mass is 10.0. The van der Waals surface area contributed by atoms with E-state index >= 15 is 0 Å². The Morgan fingerprint density at radius 1 is 0.462 bits per heavy atom. The molecule has 0 atom stereocenters. The average Bonchev–Trinajstić information content (AvgIpc) is 3.83. The van der Waals surface area contributed by atoms with Gasteiger partial charge in [-0.3, -0.25) is 0 Å². The lowest BCUT2D eigenvalue weighted by Crippen LogP contribution is -2.37. The lowest BCUT2D eigenvalue weighted by Gasteiger charge is -2.16. The normalized spacial score (nSPS) is 13.8. The van der Waals surface area contributed by atoms with Crippen LogP contribution in [0.1, 0.15) is 8.22 Å². The monoisotopic (exact) mass is 725 g/mol. The molecule has 248 valence electrons. The molecule has 0 spiro atoms. The Morgan fingerprint density at radius 3 is 1.98 bits per heavy atom. The van der Waals surface area contributed by atoms with Crippen LogP contribution in [-0.2, 0) is 0 Å². The van der Waals surface area contributed by atoms with E-state index in [4.69, 9.17) is 15.0 Å². The number of benzene rings is 7. The van der Waals surface area contributed by atoms with Gasteiger partial charge in [-0.15, -0.1) is 22.7 Å². The first-order valence-electron chi connectivity index (χ1n) is 20.1. The van der Waals surface area contributed by atoms with Crippen molar-refractivity contribution in [2.75, 3.05) is 0 Å². The molecule has 10 rings (SSSR count). The van der Waals surface area contributed by atoms with E-state index in [-0.39, 0.29) is 53.0 Å². The Balaban J connectivity index is 1.23. The van der Waals surface area contributed by atoms with Gasteiger partial charge in [0.05, 0.1) is 16.3 Å². The molecule has 0 unspecified atom stereocenters. The van der Waals surface area contributed by atoms with Gasteiger partial charge in [0.25, 0.3) is 0 Å². The summed E-state index contributed by atoms with van der Waals surface area (Å²) in [5, 5.41) is 5.91.